The molecular formula is C11H12N2O4S. The highest BCUT2D eigenvalue weighted by atomic mass is 32.2. The molecule has 1 unspecified atom stereocenters. The van der Waals surface area contributed by atoms with Crippen molar-refractivity contribution in [2.24, 2.45) is 7.05 Å². The molecule has 0 aliphatic rings. The number of aromatic nitrogens is 2. The van der Waals surface area contributed by atoms with E-state index in [0.29, 0.717) is 12.2 Å². The first-order valence-electron chi connectivity index (χ1n) is 5.25. The summed E-state index contributed by atoms with van der Waals surface area (Å²) in [6.07, 6.45) is 4.03. The topological polar surface area (TPSA) is 85.3 Å². The van der Waals surface area contributed by atoms with Crippen LogP contribution in [0.3, 0.4) is 0 Å². The van der Waals surface area contributed by atoms with Crippen molar-refractivity contribution in [3.8, 4) is 0 Å². The third-order valence-corrected chi connectivity index (χ3v) is 3.69. The Labute approximate surface area is 106 Å². The summed E-state index contributed by atoms with van der Waals surface area (Å²) in [6.45, 7) is 0. The number of nitrogens with zero attached hydrogens (tertiary/aromatic N) is 2. The molecule has 0 aliphatic carbocycles. The average molecular weight is 268 g/mol. The summed E-state index contributed by atoms with van der Waals surface area (Å²) >= 11 is 0. The Bertz CT molecular complexity index is 587. The van der Waals surface area contributed by atoms with Crippen LogP contribution in [0.15, 0.2) is 34.0 Å². The molecule has 2 aromatic rings. The molecule has 7 heteroatoms. The number of aryl methyl sites for hydroxylation is 2. The molecule has 0 saturated heterocycles. The number of carbonyl (C=O) groups is 1. The summed E-state index contributed by atoms with van der Waals surface area (Å²) in [5.74, 6) is -0.191. The molecule has 0 saturated carbocycles. The van der Waals surface area contributed by atoms with Gasteiger partial charge in [-0.25, -0.2) is 9.78 Å². The number of rotatable bonds is 5. The van der Waals surface area contributed by atoms with Crippen molar-refractivity contribution < 1.29 is 18.5 Å². The van der Waals surface area contributed by atoms with E-state index in [-0.39, 0.29) is 10.9 Å². The molecule has 0 spiro atoms. The van der Waals surface area contributed by atoms with Gasteiger partial charge in [-0.1, -0.05) is 0 Å². The molecule has 0 aromatic carbocycles. The van der Waals surface area contributed by atoms with E-state index in [4.69, 9.17) is 9.52 Å². The zero-order valence-electron chi connectivity index (χ0n) is 9.70. The van der Waals surface area contributed by atoms with Crippen molar-refractivity contribution in [1.29, 1.82) is 0 Å². The highest BCUT2D eigenvalue weighted by molar-refractivity contribution is 7.84. The number of furan rings is 1. The van der Waals surface area contributed by atoms with E-state index >= 15 is 0 Å². The third kappa shape index (κ3) is 2.67. The molecule has 2 heterocycles. The first-order valence-corrected chi connectivity index (χ1v) is 6.57. The van der Waals surface area contributed by atoms with E-state index < -0.39 is 16.8 Å². The largest absolute Gasteiger partial charge is 0.475 e. The fourth-order valence-corrected chi connectivity index (χ4v) is 2.45. The summed E-state index contributed by atoms with van der Waals surface area (Å²) in [4.78, 5) is 14.7. The Balaban J connectivity index is 1.99. The van der Waals surface area contributed by atoms with Crippen molar-refractivity contribution in [3.05, 3.63) is 36.1 Å². The molecule has 0 amide bonds. The predicted molar refractivity (Wildman–Crippen MR) is 63.9 cm³/mol. The molecule has 0 radical (unpaired) electrons. The van der Waals surface area contributed by atoms with Crippen molar-refractivity contribution in [3.63, 3.8) is 0 Å². The first-order chi connectivity index (χ1) is 8.58. The molecule has 0 fully saturated rings. The predicted octanol–water partition coefficient (Wildman–Crippen LogP) is 1.06. The molecule has 0 aliphatic heterocycles. The van der Waals surface area contributed by atoms with Crippen LogP contribution in [0.2, 0.25) is 0 Å². The quantitative estimate of drug-likeness (QED) is 0.876. The minimum atomic E-state index is -1.36. The van der Waals surface area contributed by atoms with Crippen LogP contribution < -0.4 is 0 Å². The maximum absolute atomic E-state index is 11.9. The Morgan fingerprint density at radius 2 is 2.33 bits per heavy atom. The van der Waals surface area contributed by atoms with E-state index in [1.807, 2.05) is 17.8 Å². The van der Waals surface area contributed by atoms with Crippen LogP contribution in [0.25, 0.3) is 0 Å². The van der Waals surface area contributed by atoms with Gasteiger partial charge in [0.1, 0.15) is 5.82 Å². The van der Waals surface area contributed by atoms with Gasteiger partial charge in [0.25, 0.3) is 0 Å². The zero-order chi connectivity index (χ0) is 13.1. The summed E-state index contributed by atoms with van der Waals surface area (Å²) in [7, 11) is 0.506. The lowest BCUT2D eigenvalue weighted by atomic mass is 10.4. The minimum absolute atomic E-state index is 0.182. The van der Waals surface area contributed by atoms with Gasteiger partial charge < -0.3 is 14.1 Å². The molecule has 2 rings (SSSR count). The van der Waals surface area contributed by atoms with Crippen LogP contribution in [-0.2, 0) is 24.3 Å². The van der Waals surface area contributed by atoms with E-state index in [1.54, 1.807) is 6.20 Å². The smallest absolute Gasteiger partial charge is 0.371 e. The van der Waals surface area contributed by atoms with Crippen molar-refractivity contribution >= 4 is 16.8 Å². The van der Waals surface area contributed by atoms with Crippen LogP contribution in [0.1, 0.15) is 16.4 Å². The van der Waals surface area contributed by atoms with Crippen molar-refractivity contribution in [2.45, 2.75) is 11.5 Å². The fourth-order valence-electron chi connectivity index (χ4n) is 1.48. The van der Waals surface area contributed by atoms with E-state index in [2.05, 4.69) is 4.98 Å². The number of hydrogen-bond donors (Lipinski definition) is 1. The summed E-state index contributed by atoms with van der Waals surface area (Å²) in [5.41, 5.74) is 0. The van der Waals surface area contributed by atoms with Crippen LogP contribution in [0.4, 0.5) is 0 Å². The monoisotopic (exact) mass is 268 g/mol. The maximum atomic E-state index is 11.9. The van der Waals surface area contributed by atoms with Gasteiger partial charge in [0.05, 0.1) is 10.8 Å². The lowest BCUT2D eigenvalue weighted by molar-refractivity contribution is 0.0656. The standard InChI is InChI=1S/C11H12N2O4S/c1-13-6-5-12-9(13)4-7-18(16)10-3-2-8(17-10)11(14)15/h2-3,5-6H,4,7H2,1H3,(H,14,15). The summed E-state index contributed by atoms with van der Waals surface area (Å²) in [5, 5.41) is 8.87. The molecule has 1 N–H and O–H groups in total. The van der Waals surface area contributed by atoms with E-state index in [0.717, 1.165) is 5.82 Å². The van der Waals surface area contributed by atoms with E-state index in [1.165, 1.54) is 12.1 Å². The van der Waals surface area contributed by atoms with Crippen LogP contribution >= 0.6 is 0 Å². The average Bonchev–Trinajstić information content (AvgIpc) is 2.94. The Kier molecular flexibility index (Phi) is 3.61. The van der Waals surface area contributed by atoms with Gasteiger partial charge in [0.15, 0.2) is 5.09 Å². The highest BCUT2D eigenvalue weighted by Gasteiger charge is 2.14. The second kappa shape index (κ2) is 5.18. The van der Waals surface area contributed by atoms with Gasteiger partial charge in [-0.2, -0.15) is 0 Å². The van der Waals surface area contributed by atoms with Crippen molar-refractivity contribution in [2.75, 3.05) is 5.75 Å². The van der Waals surface area contributed by atoms with Gasteiger partial charge in [0, 0.05) is 31.6 Å². The third-order valence-electron chi connectivity index (χ3n) is 2.45. The zero-order valence-corrected chi connectivity index (χ0v) is 10.5. The number of carboxylic acids is 1. The lowest BCUT2D eigenvalue weighted by Crippen LogP contribution is -2.05. The molecule has 96 valence electrons. The van der Waals surface area contributed by atoms with Crippen LogP contribution in [-0.4, -0.2) is 30.6 Å². The number of imidazole rings is 1. The molecular weight excluding hydrogens is 256 g/mol. The van der Waals surface area contributed by atoms with Gasteiger partial charge >= 0.3 is 5.97 Å². The normalized spacial score (nSPS) is 12.5. The van der Waals surface area contributed by atoms with Crippen LogP contribution in [0, 0.1) is 0 Å². The Hall–Kier alpha value is -1.89. The second-order valence-corrected chi connectivity index (χ2v) is 5.18. The van der Waals surface area contributed by atoms with E-state index in [9.17, 15) is 9.00 Å². The highest BCUT2D eigenvalue weighted by Crippen LogP contribution is 2.13. The summed E-state index contributed by atoms with van der Waals surface area (Å²) < 4.78 is 18.7. The van der Waals surface area contributed by atoms with Crippen molar-refractivity contribution in [1.82, 2.24) is 9.55 Å². The van der Waals surface area contributed by atoms with Gasteiger partial charge in [0.2, 0.25) is 5.76 Å². The molecule has 18 heavy (non-hydrogen) atoms. The Morgan fingerprint density at radius 1 is 1.56 bits per heavy atom. The SMILES string of the molecule is Cn1ccnc1CCS(=O)c1ccc(C(=O)O)o1. The summed E-state index contributed by atoms with van der Waals surface area (Å²) in [6, 6.07) is 2.73. The molecule has 6 nitrogen and oxygen atoms in total. The molecule has 2 aromatic heterocycles. The van der Waals surface area contributed by atoms with Gasteiger partial charge in [-0.05, 0) is 12.1 Å². The minimum Gasteiger partial charge on any atom is -0.475 e. The number of aromatic carboxylic acids is 1. The van der Waals surface area contributed by atoms with Gasteiger partial charge in [-0.15, -0.1) is 0 Å². The number of hydrogen-bond acceptors (Lipinski definition) is 4. The number of carboxylic acid groups (broad SMARTS) is 1. The Morgan fingerprint density at radius 3 is 2.89 bits per heavy atom. The lowest BCUT2D eigenvalue weighted by Gasteiger charge is -2.00. The molecule has 0 bridgehead atoms. The maximum Gasteiger partial charge on any atom is 0.371 e. The van der Waals surface area contributed by atoms with Gasteiger partial charge in [-0.3, -0.25) is 4.21 Å². The first kappa shape index (κ1) is 12.6. The fraction of sp³-hybridized carbons (Fsp3) is 0.273. The van der Waals surface area contributed by atoms with Crippen LogP contribution in [0.5, 0.6) is 0 Å². The second-order valence-electron chi connectivity index (χ2n) is 3.68. The molecule has 1 atom stereocenters.